The van der Waals surface area contributed by atoms with E-state index in [4.69, 9.17) is 28.3 Å². The minimum absolute atomic E-state index is 0.0984. The molecule has 30 heavy (non-hydrogen) atoms. The fourth-order valence-corrected chi connectivity index (χ4v) is 6.34. The van der Waals surface area contributed by atoms with E-state index in [2.05, 4.69) is 41.4 Å². The molecule has 2 atom stereocenters. The van der Waals surface area contributed by atoms with E-state index >= 15 is 0 Å². The number of nitrogens with one attached hydrogen (secondary N) is 1. The largest absolute Gasteiger partial charge is 0.312 e. The van der Waals surface area contributed by atoms with Crippen molar-refractivity contribution in [3.05, 3.63) is 49.0 Å². The van der Waals surface area contributed by atoms with Crippen molar-refractivity contribution in [1.29, 1.82) is 0 Å². The summed E-state index contributed by atoms with van der Waals surface area (Å²) in [7, 11) is 2.08. The predicted octanol–water partition coefficient (Wildman–Crippen LogP) is 6.03. The number of halogens is 3. The molecule has 160 valence electrons. The van der Waals surface area contributed by atoms with Gasteiger partial charge in [-0.3, -0.25) is 9.80 Å². The van der Waals surface area contributed by atoms with Crippen LogP contribution in [0, 0.1) is 5.92 Å². The first-order valence-corrected chi connectivity index (χ1v) is 12.4. The van der Waals surface area contributed by atoms with Crippen molar-refractivity contribution in [2.75, 3.05) is 25.1 Å². The smallest absolute Gasteiger partial charge is 0.263 e. The summed E-state index contributed by atoms with van der Waals surface area (Å²) in [4.78, 5) is 14.4. The van der Waals surface area contributed by atoms with E-state index in [-0.39, 0.29) is 17.9 Å². The number of quaternary nitrogens is 1. The molecule has 0 aliphatic carbocycles. The van der Waals surface area contributed by atoms with Crippen molar-refractivity contribution in [1.82, 2.24) is 5.43 Å². The number of likely N-dealkylation sites (tertiary alicyclic amines) is 1. The van der Waals surface area contributed by atoms with Gasteiger partial charge >= 0.3 is 5.91 Å². The standard InChI is InChI=1S/C21H23BrCl2N4OS/c1-13-19(21(29)26-28(2)10-4-3-5-11-28)25-27(16-7-6-14(23)12-15(16)24)20(13)17-8-9-18(22)30-17/h6-9,12-13,20H,3-5,10-11H2,1-2H3/p+1/t13-,20+/m0/s1. The van der Waals surface area contributed by atoms with Gasteiger partial charge in [-0.05, 0) is 65.5 Å². The topological polar surface area (TPSA) is 44.7 Å². The van der Waals surface area contributed by atoms with Gasteiger partial charge in [0.15, 0.2) is 0 Å². The van der Waals surface area contributed by atoms with Crippen LogP contribution in [0.3, 0.4) is 0 Å². The van der Waals surface area contributed by atoms with Gasteiger partial charge < -0.3 is 0 Å². The zero-order valence-electron chi connectivity index (χ0n) is 16.9. The molecule has 0 saturated carbocycles. The first-order chi connectivity index (χ1) is 14.3. The Bertz CT molecular complexity index is 989. The van der Waals surface area contributed by atoms with E-state index in [0.29, 0.717) is 20.3 Å². The third-order valence-corrected chi connectivity index (χ3v) is 8.07. The van der Waals surface area contributed by atoms with Crippen molar-refractivity contribution in [2.45, 2.75) is 32.2 Å². The number of carbonyl (C=O) groups is 1. The molecule has 2 aliphatic heterocycles. The van der Waals surface area contributed by atoms with E-state index < -0.39 is 0 Å². The molecule has 2 aliphatic rings. The summed E-state index contributed by atoms with van der Waals surface area (Å²) in [6.45, 7) is 3.94. The number of hydrogen-bond donors (Lipinski definition) is 1. The summed E-state index contributed by atoms with van der Waals surface area (Å²) in [6, 6.07) is 9.33. The Balaban J connectivity index is 1.69. The SMILES string of the molecule is C[C@H]1C(C(=O)N[N+]2(C)CCCCC2)=NN(c2ccc(Cl)cc2Cl)[C@H]1c1ccc(Br)s1. The van der Waals surface area contributed by atoms with E-state index in [1.54, 1.807) is 23.5 Å². The Kier molecular flexibility index (Phi) is 6.47. The second-order valence-electron chi connectivity index (χ2n) is 8.15. The maximum absolute atomic E-state index is 13.3. The van der Waals surface area contributed by atoms with Crippen molar-refractivity contribution < 1.29 is 9.39 Å². The Labute approximate surface area is 199 Å². The zero-order valence-corrected chi connectivity index (χ0v) is 20.8. The number of carbonyl (C=O) groups excluding carboxylic acids is 1. The van der Waals surface area contributed by atoms with Gasteiger partial charge in [0.05, 0.1) is 27.6 Å². The predicted molar refractivity (Wildman–Crippen MR) is 128 cm³/mol. The summed E-state index contributed by atoms with van der Waals surface area (Å²) in [5.41, 5.74) is 4.49. The molecule has 5 nitrogen and oxygen atoms in total. The van der Waals surface area contributed by atoms with Crippen LogP contribution in [0.4, 0.5) is 5.69 Å². The van der Waals surface area contributed by atoms with Crippen LogP contribution in [0.2, 0.25) is 10.0 Å². The van der Waals surface area contributed by atoms with Gasteiger partial charge in [-0.25, -0.2) is 4.59 Å². The molecule has 1 amide bonds. The maximum atomic E-state index is 13.3. The first kappa shape index (κ1) is 22.1. The van der Waals surface area contributed by atoms with Gasteiger partial charge in [-0.2, -0.15) is 10.5 Å². The van der Waals surface area contributed by atoms with Crippen LogP contribution in [0.15, 0.2) is 39.2 Å². The normalized spacial score (nSPS) is 23.4. The molecule has 2 aromatic rings. The number of hydrazone groups is 1. The van der Waals surface area contributed by atoms with E-state index in [1.807, 2.05) is 17.1 Å². The van der Waals surface area contributed by atoms with E-state index in [9.17, 15) is 4.79 Å². The van der Waals surface area contributed by atoms with Gasteiger partial charge in [-0.15, -0.1) is 11.3 Å². The summed E-state index contributed by atoms with van der Waals surface area (Å²) in [5.74, 6) is -0.209. The summed E-state index contributed by atoms with van der Waals surface area (Å²) in [5, 5.41) is 7.73. The van der Waals surface area contributed by atoms with Gasteiger partial charge in [0.25, 0.3) is 0 Å². The number of benzene rings is 1. The molecule has 1 fully saturated rings. The molecule has 0 spiro atoms. The third-order valence-electron chi connectivity index (χ3n) is 5.83. The Morgan fingerprint density at radius 2 is 1.97 bits per heavy atom. The van der Waals surface area contributed by atoms with E-state index in [0.717, 1.165) is 40.3 Å². The van der Waals surface area contributed by atoms with Crippen LogP contribution in [-0.2, 0) is 4.79 Å². The molecule has 1 aromatic carbocycles. The molecule has 1 aromatic heterocycles. The van der Waals surface area contributed by atoms with Crippen molar-refractivity contribution in [3.63, 3.8) is 0 Å². The van der Waals surface area contributed by atoms with Crippen LogP contribution in [0.1, 0.15) is 37.1 Å². The highest BCUT2D eigenvalue weighted by atomic mass is 79.9. The Morgan fingerprint density at radius 3 is 2.60 bits per heavy atom. The number of piperidine rings is 1. The molecular formula is C21H24BrCl2N4OS+. The number of nitrogens with zero attached hydrogens (tertiary/aromatic N) is 3. The van der Waals surface area contributed by atoms with Gasteiger partial charge in [0, 0.05) is 15.8 Å². The van der Waals surface area contributed by atoms with Crippen molar-refractivity contribution in [3.8, 4) is 0 Å². The molecule has 4 rings (SSSR count). The van der Waals surface area contributed by atoms with Gasteiger partial charge in [-0.1, -0.05) is 30.1 Å². The molecule has 0 bridgehead atoms. The molecule has 1 saturated heterocycles. The third kappa shape index (κ3) is 4.41. The molecule has 0 unspecified atom stereocenters. The number of hydrogen-bond acceptors (Lipinski definition) is 4. The summed E-state index contributed by atoms with van der Waals surface area (Å²) >= 11 is 17.8. The van der Waals surface area contributed by atoms with E-state index in [1.165, 1.54) is 6.42 Å². The Morgan fingerprint density at radius 1 is 1.23 bits per heavy atom. The monoisotopic (exact) mass is 529 g/mol. The van der Waals surface area contributed by atoms with Crippen LogP contribution < -0.4 is 10.4 Å². The van der Waals surface area contributed by atoms with Crippen LogP contribution >= 0.6 is 50.5 Å². The lowest BCUT2D eigenvalue weighted by molar-refractivity contribution is -0.947. The fraction of sp³-hybridized carbons (Fsp3) is 0.429. The Hall–Kier alpha value is -1.12. The molecular weight excluding hydrogens is 507 g/mol. The average molecular weight is 531 g/mol. The molecule has 1 N–H and O–H groups in total. The molecule has 0 radical (unpaired) electrons. The highest BCUT2D eigenvalue weighted by Gasteiger charge is 2.42. The highest BCUT2D eigenvalue weighted by Crippen LogP contribution is 2.44. The quantitative estimate of drug-likeness (QED) is 0.490. The second kappa shape index (κ2) is 8.79. The molecule has 9 heteroatoms. The number of anilines is 1. The summed E-state index contributed by atoms with van der Waals surface area (Å²) < 4.78 is 1.60. The lowest BCUT2D eigenvalue weighted by Crippen LogP contribution is -2.61. The average Bonchev–Trinajstić information content (AvgIpc) is 3.25. The van der Waals surface area contributed by atoms with Gasteiger partial charge in [0.1, 0.15) is 18.8 Å². The maximum Gasteiger partial charge on any atom is 0.312 e. The first-order valence-electron chi connectivity index (χ1n) is 10.0. The number of thiophene rings is 1. The number of amides is 1. The minimum atomic E-state index is -0.118. The zero-order chi connectivity index (χ0) is 21.5. The van der Waals surface area contributed by atoms with Crippen LogP contribution in [-0.4, -0.2) is 36.3 Å². The van der Waals surface area contributed by atoms with Crippen LogP contribution in [0.25, 0.3) is 0 Å². The lowest BCUT2D eigenvalue weighted by Gasteiger charge is -2.36. The number of rotatable bonds is 4. The lowest BCUT2D eigenvalue weighted by atomic mass is 9.95. The summed E-state index contributed by atoms with van der Waals surface area (Å²) in [6.07, 6.45) is 3.47. The van der Waals surface area contributed by atoms with Crippen molar-refractivity contribution in [2.24, 2.45) is 11.0 Å². The van der Waals surface area contributed by atoms with Crippen LogP contribution in [0.5, 0.6) is 0 Å². The van der Waals surface area contributed by atoms with Crippen molar-refractivity contribution >= 4 is 67.8 Å². The molecule has 3 heterocycles. The fourth-order valence-electron chi connectivity index (χ4n) is 4.23. The highest BCUT2D eigenvalue weighted by molar-refractivity contribution is 9.11. The minimum Gasteiger partial charge on any atom is -0.263 e. The van der Waals surface area contributed by atoms with Gasteiger partial charge in [0.2, 0.25) is 0 Å². The second-order valence-corrected chi connectivity index (χ2v) is 11.5.